The molecule has 2 N–H and O–H groups in total. The highest BCUT2D eigenvalue weighted by atomic mass is 14.7. The third kappa shape index (κ3) is 2.32. The SMILES string of the molecule is N#CCC#Cc1cc(N)ccn1. The van der Waals surface area contributed by atoms with Crippen LogP contribution in [-0.4, -0.2) is 4.98 Å². The zero-order valence-corrected chi connectivity index (χ0v) is 6.41. The molecule has 1 heterocycles. The molecule has 0 aliphatic heterocycles. The van der Waals surface area contributed by atoms with Gasteiger partial charge < -0.3 is 5.73 Å². The van der Waals surface area contributed by atoms with Crippen molar-refractivity contribution in [3.63, 3.8) is 0 Å². The lowest BCUT2D eigenvalue weighted by Crippen LogP contribution is -1.87. The maximum absolute atomic E-state index is 8.20. The van der Waals surface area contributed by atoms with Crippen molar-refractivity contribution < 1.29 is 0 Å². The fourth-order valence-corrected chi connectivity index (χ4v) is 0.690. The van der Waals surface area contributed by atoms with Crippen LogP contribution in [-0.2, 0) is 0 Å². The van der Waals surface area contributed by atoms with Gasteiger partial charge in [0, 0.05) is 11.9 Å². The van der Waals surface area contributed by atoms with Gasteiger partial charge in [0.25, 0.3) is 0 Å². The van der Waals surface area contributed by atoms with Crippen LogP contribution in [0.15, 0.2) is 18.3 Å². The molecule has 3 heteroatoms. The third-order valence-corrected chi connectivity index (χ3v) is 1.17. The highest BCUT2D eigenvalue weighted by Gasteiger charge is 1.87. The minimum Gasteiger partial charge on any atom is -0.399 e. The molecule has 1 rings (SSSR count). The minimum atomic E-state index is 0.219. The van der Waals surface area contributed by atoms with E-state index >= 15 is 0 Å². The molecule has 0 spiro atoms. The number of hydrogen-bond acceptors (Lipinski definition) is 3. The maximum Gasteiger partial charge on any atom is 0.115 e. The van der Waals surface area contributed by atoms with Crippen molar-refractivity contribution in [3.8, 4) is 17.9 Å². The molecule has 1 aromatic heterocycles. The Morgan fingerprint density at radius 2 is 2.42 bits per heavy atom. The van der Waals surface area contributed by atoms with Crippen LogP contribution >= 0.6 is 0 Å². The Kier molecular flexibility index (Phi) is 2.70. The number of nitrogen functional groups attached to an aromatic ring is 1. The zero-order valence-electron chi connectivity index (χ0n) is 6.41. The van der Waals surface area contributed by atoms with Gasteiger partial charge in [-0.25, -0.2) is 4.98 Å². The summed E-state index contributed by atoms with van der Waals surface area (Å²) in [5.74, 6) is 5.37. The Balaban J connectivity index is 2.79. The predicted octanol–water partition coefficient (Wildman–Crippen LogP) is 0.929. The molecule has 58 valence electrons. The Labute approximate surface area is 70.8 Å². The van der Waals surface area contributed by atoms with Crippen LogP contribution in [0.5, 0.6) is 0 Å². The molecular formula is C9H7N3. The van der Waals surface area contributed by atoms with E-state index in [1.54, 1.807) is 18.3 Å². The van der Waals surface area contributed by atoms with Crippen molar-refractivity contribution in [1.29, 1.82) is 5.26 Å². The quantitative estimate of drug-likeness (QED) is 0.570. The number of nitriles is 1. The second-order valence-electron chi connectivity index (χ2n) is 2.11. The summed E-state index contributed by atoms with van der Waals surface area (Å²) in [7, 11) is 0. The first-order valence-electron chi connectivity index (χ1n) is 3.40. The first kappa shape index (κ1) is 8.10. The van der Waals surface area contributed by atoms with Crippen LogP contribution in [0.2, 0.25) is 0 Å². The van der Waals surface area contributed by atoms with Crippen molar-refractivity contribution in [2.24, 2.45) is 0 Å². The summed E-state index contributed by atoms with van der Waals surface area (Å²) in [5, 5.41) is 8.20. The van der Waals surface area contributed by atoms with E-state index in [1.165, 1.54) is 0 Å². The van der Waals surface area contributed by atoms with E-state index in [9.17, 15) is 0 Å². The van der Waals surface area contributed by atoms with Gasteiger partial charge in [-0.2, -0.15) is 5.26 Å². The molecule has 0 saturated carbocycles. The van der Waals surface area contributed by atoms with Gasteiger partial charge in [-0.15, -0.1) is 0 Å². The highest BCUT2D eigenvalue weighted by molar-refractivity contribution is 5.42. The number of pyridine rings is 1. The summed E-state index contributed by atoms with van der Waals surface area (Å²) in [5.41, 5.74) is 6.72. The number of rotatable bonds is 0. The second-order valence-corrected chi connectivity index (χ2v) is 2.11. The summed E-state index contributed by atoms with van der Waals surface area (Å²) in [6, 6.07) is 5.28. The van der Waals surface area contributed by atoms with Gasteiger partial charge in [-0.3, -0.25) is 0 Å². The van der Waals surface area contributed by atoms with Gasteiger partial charge >= 0.3 is 0 Å². The molecular weight excluding hydrogens is 150 g/mol. The van der Waals surface area contributed by atoms with Gasteiger partial charge in [-0.1, -0.05) is 5.92 Å². The number of hydrogen-bond donors (Lipinski definition) is 1. The summed E-state index contributed by atoms with van der Waals surface area (Å²) in [4.78, 5) is 3.95. The number of nitrogens with zero attached hydrogens (tertiary/aromatic N) is 2. The fraction of sp³-hybridized carbons (Fsp3) is 0.111. The monoisotopic (exact) mass is 157 g/mol. The first-order chi connectivity index (χ1) is 5.83. The van der Waals surface area contributed by atoms with Gasteiger partial charge in [-0.05, 0) is 18.1 Å². The zero-order chi connectivity index (χ0) is 8.81. The lowest BCUT2D eigenvalue weighted by atomic mass is 10.3. The molecule has 0 bridgehead atoms. The van der Waals surface area contributed by atoms with Gasteiger partial charge in [0.1, 0.15) is 5.69 Å². The average molecular weight is 157 g/mol. The molecule has 0 radical (unpaired) electrons. The summed E-state index contributed by atoms with van der Waals surface area (Å²) in [6.45, 7) is 0. The van der Waals surface area contributed by atoms with Crippen LogP contribution < -0.4 is 5.73 Å². The van der Waals surface area contributed by atoms with E-state index < -0.39 is 0 Å². The van der Waals surface area contributed by atoms with E-state index in [4.69, 9.17) is 11.0 Å². The summed E-state index contributed by atoms with van der Waals surface area (Å²) in [6.07, 6.45) is 1.81. The minimum absolute atomic E-state index is 0.219. The number of anilines is 1. The van der Waals surface area contributed by atoms with E-state index in [1.807, 2.05) is 6.07 Å². The van der Waals surface area contributed by atoms with Crippen LogP contribution in [0, 0.1) is 23.2 Å². The highest BCUT2D eigenvalue weighted by Crippen LogP contribution is 2.00. The van der Waals surface area contributed by atoms with Gasteiger partial charge in [0.05, 0.1) is 12.5 Å². The standard InChI is InChI=1S/C9H7N3/c10-5-2-1-3-9-7-8(11)4-6-12-9/h4,6-7H,2H2,(H2,11,12). The second kappa shape index (κ2) is 4.00. The molecule has 3 nitrogen and oxygen atoms in total. The summed E-state index contributed by atoms with van der Waals surface area (Å²) >= 11 is 0. The molecule has 0 aliphatic carbocycles. The Morgan fingerprint density at radius 3 is 3.08 bits per heavy atom. The molecule has 0 aromatic carbocycles. The topological polar surface area (TPSA) is 62.7 Å². The smallest absolute Gasteiger partial charge is 0.115 e. The maximum atomic E-state index is 8.20. The van der Waals surface area contributed by atoms with E-state index in [0.717, 1.165) is 0 Å². The lowest BCUT2D eigenvalue weighted by Gasteiger charge is -1.90. The molecule has 0 amide bonds. The summed E-state index contributed by atoms with van der Waals surface area (Å²) < 4.78 is 0. The Hall–Kier alpha value is -2.00. The van der Waals surface area contributed by atoms with Gasteiger partial charge in [0.2, 0.25) is 0 Å². The molecule has 1 aromatic rings. The number of nitrogens with two attached hydrogens (primary N) is 1. The van der Waals surface area contributed by atoms with Crippen LogP contribution in [0.4, 0.5) is 5.69 Å². The van der Waals surface area contributed by atoms with Crippen LogP contribution in [0.3, 0.4) is 0 Å². The van der Waals surface area contributed by atoms with Crippen LogP contribution in [0.1, 0.15) is 12.1 Å². The molecule has 0 saturated heterocycles. The molecule has 0 unspecified atom stereocenters. The lowest BCUT2D eigenvalue weighted by molar-refractivity contribution is 1.29. The van der Waals surface area contributed by atoms with Crippen molar-refractivity contribution in [2.45, 2.75) is 6.42 Å². The molecule has 0 aliphatic rings. The average Bonchev–Trinajstić information content (AvgIpc) is 2.05. The van der Waals surface area contributed by atoms with E-state index in [-0.39, 0.29) is 6.42 Å². The third-order valence-electron chi connectivity index (χ3n) is 1.17. The normalized spacial score (nSPS) is 7.92. The Morgan fingerprint density at radius 1 is 1.58 bits per heavy atom. The molecule has 12 heavy (non-hydrogen) atoms. The van der Waals surface area contributed by atoms with Gasteiger partial charge in [0.15, 0.2) is 0 Å². The fourth-order valence-electron chi connectivity index (χ4n) is 0.690. The van der Waals surface area contributed by atoms with Crippen molar-refractivity contribution in [2.75, 3.05) is 5.73 Å². The Bertz CT molecular complexity index is 365. The molecule has 0 atom stereocenters. The van der Waals surface area contributed by atoms with E-state index in [0.29, 0.717) is 11.4 Å². The molecule has 0 fully saturated rings. The predicted molar refractivity (Wildman–Crippen MR) is 45.8 cm³/mol. The van der Waals surface area contributed by atoms with Crippen molar-refractivity contribution in [3.05, 3.63) is 24.0 Å². The van der Waals surface area contributed by atoms with Crippen molar-refractivity contribution >= 4 is 5.69 Å². The van der Waals surface area contributed by atoms with Crippen molar-refractivity contribution in [1.82, 2.24) is 4.98 Å². The largest absolute Gasteiger partial charge is 0.399 e. The first-order valence-corrected chi connectivity index (χ1v) is 3.40. The number of aromatic nitrogens is 1. The van der Waals surface area contributed by atoms with E-state index in [2.05, 4.69) is 16.8 Å². The van der Waals surface area contributed by atoms with Crippen LogP contribution in [0.25, 0.3) is 0 Å².